The van der Waals surface area contributed by atoms with Gasteiger partial charge in [0.2, 0.25) is 0 Å². The van der Waals surface area contributed by atoms with Crippen LogP contribution < -0.4 is 10.5 Å². The number of hydrogen-bond donors (Lipinski definition) is 1. The van der Waals surface area contributed by atoms with E-state index >= 15 is 0 Å². The predicted octanol–water partition coefficient (Wildman–Crippen LogP) is 5.92. The van der Waals surface area contributed by atoms with Gasteiger partial charge in [-0.1, -0.05) is 37.7 Å². The Balaban J connectivity index is 1.52. The summed E-state index contributed by atoms with van der Waals surface area (Å²) < 4.78 is 5.94. The Labute approximate surface area is 178 Å². The number of benzene rings is 1. The monoisotopic (exact) mass is 431 g/mol. The van der Waals surface area contributed by atoms with Gasteiger partial charge in [0.05, 0.1) is 11.5 Å². The Morgan fingerprint density at radius 1 is 1.21 bits per heavy atom. The Kier molecular flexibility index (Phi) is 5.51. The van der Waals surface area contributed by atoms with Crippen LogP contribution in [0.25, 0.3) is 10.2 Å². The molecule has 0 amide bonds. The highest BCUT2D eigenvalue weighted by Crippen LogP contribution is 2.46. The smallest absolute Gasteiger partial charge is 0.191 e. The summed E-state index contributed by atoms with van der Waals surface area (Å²) in [7, 11) is 0. The molecule has 0 radical (unpaired) electrons. The lowest BCUT2D eigenvalue weighted by atomic mass is 9.99. The Hall–Kier alpha value is -1.44. The molecule has 1 aliphatic heterocycles. The fourth-order valence-corrected chi connectivity index (χ4v) is 6.51. The van der Waals surface area contributed by atoms with E-state index < -0.39 is 0 Å². The molecule has 2 N–H and O–H groups in total. The van der Waals surface area contributed by atoms with E-state index in [-0.39, 0.29) is 10.9 Å². The minimum Gasteiger partial charge on any atom is -0.491 e. The highest BCUT2D eigenvalue weighted by atomic mass is 32.2. The van der Waals surface area contributed by atoms with Gasteiger partial charge in [0.25, 0.3) is 0 Å². The third-order valence-electron chi connectivity index (χ3n) is 4.60. The van der Waals surface area contributed by atoms with Crippen LogP contribution >= 0.6 is 34.9 Å². The van der Waals surface area contributed by atoms with Crippen molar-refractivity contribution in [3.63, 3.8) is 0 Å². The molecule has 0 unspecified atom stereocenters. The van der Waals surface area contributed by atoms with Crippen LogP contribution in [0.15, 0.2) is 29.4 Å². The van der Waals surface area contributed by atoms with Gasteiger partial charge in [0, 0.05) is 21.1 Å². The van der Waals surface area contributed by atoms with Crippen LogP contribution in [0.3, 0.4) is 0 Å². The summed E-state index contributed by atoms with van der Waals surface area (Å²) in [4.78, 5) is 11.9. The molecule has 4 nitrogen and oxygen atoms in total. The Morgan fingerprint density at radius 2 is 1.96 bits per heavy atom. The third-order valence-corrected chi connectivity index (χ3v) is 8.19. The molecule has 3 heterocycles. The molecule has 0 bridgehead atoms. The van der Waals surface area contributed by atoms with Crippen LogP contribution in [0, 0.1) is 0 Å². The molecule has 0 saturated heterocycles. The number of thiophene rings is 1. The second-order valence-corrected chi connectivity index (χ2v) is 11.6. The zero-order valence-corrected chi connectivity index (χ0v) is 19.1. The fourth-order valence-electron chi connectivity index (χ4n) is 3.30. The average Bonchev–Trinajstić information content (AvgIpc) is 2.97. The first-order valence-electron chi connectivity index (χ1n) is 9.41. The maximum atomic E-state index is 6.37. The number of rotatable bonds is 5. The second kappa shape index (κ2) is 7.76. The van der Waals surface area contributed by atoms with Crippen LogP contribution in [0.2, 0.25) is 0 Å². The number of nitrogens with two attached hydrogens (primary N) is 1. The van der Waals surface area contributed by atoms with Gasteiger partial charge in [-0.2, -0.15) is 0 Å². The number of nitrogens with zero attached hydrogens (tertiary/aromatic N) is 2. The van der Waals surface area contributed by atoms with Gasteiger partial charge in [-0.15, -0.1) is 23.1 Å². The van der Waals surface area contributed by atoms with Crippen molar-refractivity contribution in [1.29, 1.82) is 0 Å². The molecule has 1 aliphatic rings. The first-order chi connectivity index (χ1) is 13.3. The number of thioether (sulfide) groups is 2. The molecule has 0 atom stereocenters. The van der Waals surface area contributed by atoms with Crippen molar-refractivity contribution in [2.24, 2.45) is 0 Å². The van der Waals surface area contributed by atoms with Gasteiger partial charge < -0.3 is 10.5 Å². The predicted molar refractivity (Wildman–Crippen MR) is 123 cm³/mol. The second-order valence-electron chi connectivity index (χ2n) is 7.90. The molecule has 0 fully saturated rings. The molecular formula is C21H25N3OS3. The molecule has 28 heavy (non-hydrogen) atoms. The molecule has 0 spiro atoms. The molecule has 0 saturated carbocycles. The SMILES string of the molecule is CC(C)Oc1ccc(CSc2nc(N)c3c4c(sc3n2)CSC(C)(C)C4)cc1. The number of fused-ring (bicyclic) bond motifs is 3. The van der Waals surface area contributed by atoms with Crippen LogP contribution in [-0.2, 0) is 17.9 Å². The van der Waals surface area contributed by atoms with E-state index in [4.69, 9.17) is 15.5 Å². The van der Waals surface area contributed by atoms with E-state index in [9.17, 15) is 0 Å². The van der Waals surface area contributed by atoms with E-state index in [2.05, 4.69) is 31.0 Å². The van der Waals surface area contributed by atoms with Crippen LogP contribution in [0.4, 0.5) is 5.82 Å². The largest absolute Gasteiger partial charge is 0.491 e. The maximum Gasteiger partial charge on any atom is 0.191 e. The molecular weight excluding hydrogens is 406 g/mol. The zero-order valence-electron chi connectivity index (χ0n) is 16.6. The maximum absolute atomic E-state index is 6.37. The van der Waals surface area contributed by atoms with E-state index in [0.717, 1.165) is 39.0 Å². The summed E-state index contributed by atoms with van der Waals surface area (Å²) in [5.74, 6) is 3.36. The Bertz CT molecular complexity index is 996. The lowest BCUT2D eigenvalue weighted by Crippen LogP contribution is -2.22. The van der Waals surface area contributed by atoms with Gasteiger partial charge in [-0.25, -0.2) is 9.97 Å². The van der Waals surface area contributed by atoms with E-state index in [1.54, 1.807) is 23.1 Å². The van der Waals surface area contributed by atoms with Gasteiger partial charge in [-0.05, 0) is 43.5 Å². The first-order valence-corrected chi connectivity index (χ1v) is 12.2. The average molecular weight is 432 g/mol. The quantitative estimate of drug-likeness (QED) is 0.400. The van der Waals surface area contributed by atoms with Crippen molar-refractivity contribution in [3.8, 4) is 5.75 Å². The molecule has 148 valence electrons. The third kappa shape index (κ3) is 4.26. The van der Waals surface area contributed by atoms with Crippen molar-refractivity contribution in [2.75, 3.05) is 5.73 Å². The topological polar surface area (TPSA) is 61.0 Å². The van der Waals surface area contributed by atoms with Crippen LogP contribution in [0.5, 0.6) is 5.75 Å². The van der Waals surface area contributed by atoms with Crippen molar-refractivity contribution in [3.05, 3.63) is 40.3 Å². The number of nitrogen functional groups attached to an aromatic ring is 1. The minimum absolute atomic E-state index is 0.184. The van der Waals surface area contributed by atoms with Crippen molar-refractivity contribution in [2.45, 2.75) is 61.6 Å². The standard InChI is InChI=1S/C21H25N3OS3/c1-12(2)25-14-7-5-13(6-8-14)10-26-20-23-18(22)17-15-9-21(3,4)27-11-16(15)28-19(17)24-20/h5-8,12H,9-11H2,1-4H3,(H2,22,23,24). The molecule has 1 aromatic carbocycles. The normalized spacial score (nSPS) is 15.8. The number of hydrogen-bond acceptors (Lipinski definition) is 7. The van der Waals surface area contributed by atoms with E-state index in [1.807, 2.05) is 37.7 Å². The van der Waals surface area contributed by atoms with Gasteiger partial charge in [0.1, 0.15) is 16.4 Å². The number of ether oxygens (including phenoxy) is 1. The van der Waals surface area contributed by atoms with Crippen LogP contribution in [0.1, 0.15) is 43.7 Å². The molecule has 7 heteroatoms. The summed E-state index contributed by atoms with van der Waals surface area (Å²) >= 11 is 5.41. The highest BCUT2D eigenvalue weighted by molar-refractivity contribution is 8.00. The minimum atomic E-state index is 0.184. The lowest BCUT2D eigenvalue weighted by Gasteiger charge is -2.28. The van der Waals surface area contributed by atoms with Gasteiger partial charge in [-0.3, -0.25) is 0 Å². The summed E-state index contributed by atoms with van der Waals surface area (Å²) in [6.07, 6.45) is 1.21. The zero-order chi connectivity index (χ0) is 19.9. The van der Waals surface area contributed by atoms with Gasteiger partial charge in [0.15, 0.2) is 5.16 Å². The fraction of sp³-hybridized carbons (Fsp3) is 0.429. The van der Waals surface area contributed by atoms with Crippen LogP contribution in [-0.4, -0.2) is 20.8 Å². The molecule has 4 rings (SSSR count). The van der Waals surface area contributed by atoms with Crippen molar-refractivity contribution >= 4 is 50.9 Å². The van der Waals surface area contributed by atoms with Crippen molar-refractivity contribution < 1.29 is 4.74 Å². The summed E-state index contributed by atoms with van der Waals surface area (Å²) in [5.41, 5.74) is 8.94. The van der Waals surface area contributed by atoms with E-state index in [1.165, 1.54) is 16.0 Å². The van der Waals surface area contributed by atoms with Gasteiger partial charge >= 0.3 is 0 Å². The molecule has 2 aromatic heterocycles. The first kappa shape index (κ1) is 19.9. The number of anilines is 1. The Morgan fingerprint density at radius 3 is 2.68 bits per heavy atom. The summed E-state index contributed by atoms with van der Waals surface area (Å²) in [6.45, 7) is 8.65. The molecule has 0 aliphatic carbocycles. The summed E-state index contributed by atoms with van der Waals surface area (Å²) in [5, 5.41) is 1.82. The lowest BCUT2D eigenvalue weighted by molar-refractivity contribution is 0.242. The molecule has 3 aromatic rings. The van der Waals surface area contributed by atoms with Crippen molar-refractivity contribution in [1.82, 2.24) is 9.97 Å². The number of aromatic nitrogens is 2. The summed E-state index contributed by atoms with van der Waals surface area (Å²) in [6, 6.07) is 8.22. The highest BCUT2D eigenvalue weighted by Gasteiger charge is 2.30. The van der Waals surface area contributed by atoms with E-state index in [0.29, 0.717) is 5.82 Å².